The molecule has 0 aliphatic rings. The zero-order valence-electron chi connectivity index (χ0n) is 17.6. The number of ether oxygens (including phenoxy) is 1. The molecule has 0 heterocycles. The minimum absolute atomic E-state index is 0.0561. The predicted molar refractivity (Wildman–Crippen MR) is 117 cm³/mol. The summed E-state index contributed by atoms with van der Waals surface area (Å²) in [6.45, 7) is 14.2. The minimum atomic E-state index is -0.471. The Morgan fingerprint density at radius 1 is 0.893 bits per heavy atom. The van der Waals surface area contributed by atoms with Gasteiger partial charge in [-0.1, -0.05) is 63.5 Å². The lowest BCUT2D eigenvalue weighted by Crippen LogP contribution is -2.19. The number of carbonyl (C=O) groups is 2. The minimum Gasteiger partial charge on any atom is -0.426 e. The van der Waals surface area contributed by atoms with Crippen molar-refractivity contribution in [3.8, 4) is 5.75 Å². The first kappa shape index (κ1) is 22.2. The first-order chi connectivity index (χ1) is 12.8. The Hall–Kier alpha value is -2.14. The van der Waals surface area contributed by atoms with E-state index in [1.54, 1.807) is 18.2 Å². The summed E-state index contributed by atoms with van der Waals surface area (Å²) in [7, 11) is 0. The Morgan fingerprint density at radius 3 is 1.89 bits per heavy atom. The highest BCUT2D eigenvalue weighted by Crippen LogP contribution is 2.33. The molecule has 2 aromatic rings. The average Bonchev–Trinajstić information content (AvgIpc) is 2.54. The second-order valence-electron chi connectivity index (χ2n) is 8.99. The molecule has 0 aromatic heterocycles. The summed E-state index contributed by atoms with van der Waals surface area (Å²) in [5.41, 5.74) is 3.19. The maximum Gasteiger partial charge on any atom is 0.308 e. The molecule has 2 aromatic carbocycles. The Bertz CT molecular complexity index is 873. The van der Waals surface area contributed by atoms with Crippen LogP contribution in [0.4, 0.5) is 5.69 Å². The maximum atomic E-state index is 13.0. The number of carbonyl (C=O) groups excluding carboxylic acids is 2. The van der Waals surface area contributed by atoms with Crippen LogP contribution in [0, 0.1) is 0 Å². The van der Waals surface area contributed by atoms with Crippen LogP contribution in [-0.4, -0.2) is 11.9 Å². The number of hydrogen-bond donors (Lipinski definition) is 1. The van der Waals surface area contributed by atoms with Crippen molar-refractivity contribution in [3.05, 3.63) is 57.6 Å². The summed E-state index contributed by atoms with van der Waals surface area (Å²) < 4.78 is 5.92. The van der Waals surface area contributed by atoms with Crippen molar-refractivity contribution in [2.24, 2.45) is 0 Å². The summed E-state index contributed by atoms with van der Waals surface area (Å²) in [5, 5.41) is 2.97. The molecule has 0 bridgehead atoms. The average molecular weight is 446 g/mol. The molecule has 2 rings (SSSR count). The zero-order valence-corrected chi connectivity index (χ0v) is 19.2. The van der Waals surface area contributed by atoms with Crippen molar-refractivity contribution < 1.29 is 14.3 Å². The van der Waals surface area contributed by atoms with Gasteiger partial charge in [0.25, 0.3) is 5.91 Å². The summed E-state index contributed by atoms with van der Waals surface area (Å²) in [6.07, 6.45) is 0. The molecule has 0 radical (unpaired) electrons. The smallest absolute Gasteiger partial charge is 0.308 e. The van der Waals surface area contributed by atoms with Crippen LogP contribution in [0.2, 0.25) is 0 Å². The number of benzene rings is 2. The summed E-state index contributed by atoms with van der Waals surface area (Å²) in [4.78, 5) is 24.3. The lowest BCUT2D eigenvalue weighted by Gasteiger charge is -2.26. The van der Waals surface area contributed by atoms with Gasteiger partial charge in [0.2, 0.25) is 0 Å². The number of anilines is 1. The van der Waals surface area contributed by atoms with Crippen LogP contribution in [0.25, 0.3) is 0 Å². The lowest BCUT2D eigenvalue weighted by molar-refractivity contribution is -0.131. The first-order valence-electron chi connectivity index (χ1n) is 9.23. The van der Waals surface area contributed by atoms with Gasteiger partial charge < -0.3 is 10.1 Å². The third kappa shape index (κ3) is 5.68. The molecule has 0 aliphatic heterocycles. The summed E-state index contributed by atoms with van der Waals surface area (Å²) >= 11 is 3.37. The van der Waals surface area contributed by atoms with Crippen molar-refractivity contribution in [1.82, 2.24) is 0 Å². The van der Waals surface area contributed by atoms with Gasteiger partial charge in [-0.05, 0) is 52.3 Å². The number of esters is 1. The van der Waals surface area contributed by atoms with E-state index in [9.17, 15) is 9.59 Å². The van der Waals surface area contributed by atoms with Crippen LogP contribution in [0.3, 0.4) is 0 Å². The fourth-order valence-electron chi connectivity index (χ4n) is 2.69. The van der Waals surface area contributed by atoms with Gasteiger partial charge in [0.1, 0.15) is 5.75 Å². The third-order valence-electron chi connectivity index (χ3n) is 4.36. The molecule has 4 nitrogen and oxygen atoms in total. The van der Waals surface area contributed by atoms with Crippen LogP contribution in [0.5, 0.6) is 5.75 Å². The number of hydrogen-bond acceptors (Lipinski definition) is 3. The number of halogens is 1. The largest absolute Gasteiger partial charge is 0.426 e. The monoisotopic (exact) mass is 445 g/mol. The molecular formula is C23H28BrNO3. The number of amides is 1. The second-order valence-corrected chi connectivity index (χ2v) is 9.90. The lowest BCUT2D eigenvalue weighted by atomic mass is 9.80. The normalized spacial score (nSPS) is 11.9. The number of nitrogens with one attached hydrogen (secondary N) is 1. The summed E-state index contributed by atoms with van der Waals surface area (Å²) in [6, 6.07) is 11.2. The van der Waals surface area contributed by atoms with Crippen molar-refractivity contribution in [2.75, 3.05) is 5.32 Å². The van der Waals surface area contributed by atoms with E-state index in [0.29, 0.717) is 5.56 Å². The molecule has 0 spiro atoms. The van der Waals surface area contributed by atoms with E-state index < -0.39 is 5.97 Å². The Kier molecular flexibility index (Phi) is 6.39. The Balaban J connectivity index is 2.47. The van der Waals surface area contributed by atoms with Crippen molar-refractivity contribution in [2.45, 2.75) is 59.3 Å². The van der Waals surface area contributed by atoms with E-state index in [1.807, 2.05) is 12.1 Å². The maximum absolute atomic E-state index is 13.0. The molecule has 28 heavy (non-hydrogen) atoms. The molecule has 0 atom stereocenters. The second kappa shape index (κ2) is 8.08. The molecule has 1 amide bonds. The van der Waals surface area contributed by atoms with Gasteiger partial charge in [0.15, 0.2) is 0 Å². The molecule has 150 valence electrons. The van der Waals surface area contributed by atoms with Gasteiger partial charge in [-0.3, -0.25) is 9.59 Å². The van der Waals surface area contributed by atoms with Crippen molar-refractivity contribution in [3.63, 3.8) is 0 Å². The molecule has 1 N–H and O–H groups in total. The van der Waals surface area contributed by atoms with Gasteiger partial charge in [-0.15, -0.1) is 0 Å². The third-order valence-corrected chi connectivity index (χ3v) is 4.86. The molecule has 5 heteroatoms. The fraction of sp³-hybridized carbons (Fsp3) is 0.391. The highest BCUT2D eigenvalue weighted by atomic mass is 79.9. The van der Waals surface area contributed by atoms with Gasteiger partial charge in [-0.25, -0.2) is 0 Å². The highest BCUT2D eigenvalue weighted by molar-refractivity contribution is 9.10. The van der Waals surface area contributed by atoms with E-state index in [1.165, 1.54) is 6.92 Å². The van der Waals surface area contributed by atoms with Crippen molar-refractivity contribution >= 4 is 33.5 Å². The molecule has 0 aliphatic carbocycles. The van der Waals surface area contributed by atoms with E-state index >= 15 is 0 Å². The standard InChI is InChI=1S/C23H28BrNO3/c1-14(26)28-20-9-8-17(24)13-19(20)21(27)25-18-11-15(22(2,3)4)10-16(12-18)23(5,6)7/h8-13H,1-7H3,(H,25,27). The quantitative estimate of drug-likeness (QED) is 0.450. The van der Waals surface area contributed by atoms with Crippen LogP contribution < -0.4 is 10.1 Å². The van der Waals surface area contributed by atoms with Crippen LogP contribution in [0.1, 0.15) is 70.0 Å². The molecule has 0 unspecified atom stereocenters. The topological polar surface area (TPSA) is 55.4 Å². The zero-order chi connectivity index (χ0) is 21.3. The van der Waals surface area contributed by atoms with E-state index in [4.69, 9.17) is 4.74 Å². The Morgan fingerprint density at radius 2 is 1.43 bits per heavy atom. The number of rotatable bonds is 3. The van der Waals surface area contributed by atoms with Crippen molar-refractivity contribution in [1.29, 1.82) is 0 Å². The highest BCUT2D eigenvalue weighted by Gasteiger charge is 2.22. The molecule has 0 saturated carbocycles. The van der Waals surface area contributed by atoms with E-state index in [0.717, 1.165) is 21.3 Å². The predicted octanol–water partition coefficient (Wildman–Crippen LogP) is 6.22. The fourth-order valence-corrected chi connectivity index (χ4v) is 3.05. The Labute approximate surface area is 175 Å². The van der Waals surface area contributed by atoms with Crippen LogP contribution in [-0.2, 0) is 15.6 Å². The van der Waals surface area contributed by atoms with Gasteiger partial charge in [0.05, 0.1) is 5.56 Å². The van der Waals surface area contributed by atoms with Gasteiger partial charge in [0, 0.05) is 17.1 Å². The van der Waals surface area contributed by atoms with E-state index in [2.05, 4.69) is 68.9 Å². The molecule has 0 fully saturated rings. The van der Waals surface area contributed by atoms with Crippen LogP contribution in [0.15, 0.2) is 40.9 Å². The first-order valence-corrected chi connectivity index (χ1v) is 10.0. The van der Waals surface area contributed by atoms with E-state index in [-0.39, 0.29) is 22.5 Å². The van der Waals surface area contributed by atoms with Gasteiger partial charge >= 0.3 is 5.97 Å². The van der Waals surface area contributed by atoms with Gasteiger partial charge in [-0.2, -0.15) is 0 Å². The molecular weight excluding hydrogens is 418 g/mol. The summed E-state index contributed by atoms with van der Waals surface area (Å²) in [5.74, 6) is -0.569. The van der Waals surface area contributed by atoms with Crippen LogP contribution >= 0.6 is 15.9 Å². The SMILES string of the molecule is CC(=O)Oc1ccc(Br)cc1C(=O)Nc1cc(C(C)(C)C)cc(C(C)(C)C)c1. The molecule has 0 saturated heterocycles.